The van der Waals surface area contributed by atoms with E-state index in [9.17, 15) is 8.42 Å². The molecule has 120 valence electrons. The van der Waals surface area contributed by atoms with Crippen LogP contribution in [0.3, 0.4) is 0 Å². The van der Waals surface area contributed by atoms with Crippen molar-refractivity contribution < 1.29 is 17.3 Å². The number of rotatable bonds is 3. The zero-order valence-electron chi connectivity index (χ0n) is 12.6. The zero-order valence-corrected chi connectivity index (χ0v) is 13.4. The van der Waals surface area contributed by atoms with Gasteiger partial charge in [0.15, 0.2) is 11.5 Å². The van der Waals surface area contributed by atoms with Crippen molar-refractivity contribution in [3.8, 4) is 11.5 Å². The van der Waals surface area contributed by atoms with Gasteiger partial charge in [-0.25, -0.2) is 0 Å². The molecule has 1 fully saturated rings. The molecule has 0 aromatic heterocycles. The number of methoxy groups -OCH3 is 1. The standard InChI is InChI=1S/C16H21NO4S/c1-20-15-9-5-8-13-14(17-22(18,19)21-16(13)15)11-10-12-6-3-2-4-7-12/h5,8-12,14,17H,2-4,6-7H2,1H3/b11-10+/t14-/m1/s1. The van der Waals surface area contributed by atoms with Gasteiger partial charge in [-0.05, 0) is 24.8 Å². The fourth-order valence-electron chi connectivity index (χ4n) is 3.12. The largest absolute Gasteiger partial charge is 0.493 e. The van der Waals surface area contributed by atoms with Gasteiger partial charge in [0.25, 0.3) is 0 Å². The van der Waals surface area contributed by atoms with Crippen LogP contribution in [0.25, 0.3) is 0 Å². The molecular weight excluding hydrogens is 302 g/mol. The van der Waals surface area contributed by atoms with Crippen molar-refractivity contribution in [1.82, 2.24) is 4.72 Å². The Kier molecular flexibility index (Phi) is 4.40. The second kappa shape index (κ2) is 6.30. The number of para-hydroxylation sites is 1. The van der Waals surface area contributed by atoms with Gasteiger partial charge in [0.1, 0.15) is 0 Å². The van der Waals surface area contributed by atoms with Crippen molar-refractivity contribution in [3.63, 3.8) is 0 Å². The molecule has 5 nitrogen and oxygen atoms in total. The molecule has 2 aliphatic rings. The molecule has 0 radical (unpaired) electrons. The predicted octanol–water partition coefficient (Wildman–Crippen LogP) is 3.10. The SMILES string of the molecule is COc1cccc2c1OS(=O)(=O)N[C@@H]2/C=C/C1CCCCC1. The van der Waals surface area contributed by atoms with Crippen LogP contribution in [0.15, 0.2) is 30.4 Å². The molecule has 1 N–H and O–H groups in total. The smallest absolute Gasteiger partial charge is 0.383 e. The second-order valence-corrected chi connectivity index (χ2v) is 7.11. The van der Waals surface area contributed by atoms with Crippen LogP contribution in [0.1, 0.15) is 43.7 Å². The highest BCUT2D eigenvalue weighted by Gasteiger charge is 2.31. The van der Waals surface area contributed by atoms with Crippen LogP contribution in [0, 0.1) is 5.92 Å². The third-order valence-electron chi connectivity index (χ3n) is 4.25. The minimum absolute atomic E-state index is 0.280. The summed E-state index contributed by atoms with van der Waals surface area (Å²) in [5.41, 5.74) is 0.779. The Morgan fingerprint density at radius 3 is 2.73 bits per heavy atom. The molecule has 3 rings (SSSR count). The van der Waals surface area contributed by atoms with Crippen LogP contribution in [0.5, 0.6) is 11.5 Å². The molecule has 1 heterocycles. The van der Waals surface area contributed by atoms with Crippen molar-refractivity contribution in [3.05, 3.63) is 35.9 Å². The molecule has 0 amide bonds. The molecule has 1 saturated carbocycles. The van der Waals surface area contributed by atoms with E-state index in [-0.39, 0.29) is 5.75 Å². The molecule has 1 atom stereocenters. The average Bonchev–Trinajstić information content (AvgIpc) is 2.52. The van der Waals surface area contributed by atoms with E-state index in [2.05, 4.69) is 10.8 Å². The predicted molar refractivity (Wildman–Crippen MR) is 84.1 cm³/mol. The summed E-state index contributed by atoms with van der Waals surface area (Å²) in [6.45, 7) is 0. The van der Waals surface area contributed by atoms with Crippen LogP contribution in [0.2, 0.25) is 0 Å². The van der Waals surface area contributed by atoms with Gasteiger partial charge in [-0.15, -0.1) is 0 Å². The topological polar surface area (TPSA) is 64.6 Å². The fraction of sp³-hybridized carbons (Fsp3) is 0.500. The van der Waals surface area contributed by atoms with E-state index in [1.54, 1.807) is 6.07 Å². The molecule has 1 aromatic rings. The van der Waals surface area contributed by atoms with Crippen LogP contribution in [0.4, 0.5) is 0 Å². The highest BCUT2D eigenvalue weighted by Crippen LogP contribution is 2.39. The third kappa shape index (κ3) is 3.28. The molecule has 0 spiro atoms. The second-order valence-electron chi connectivity index (χ2n) is 5.79. The quantitative estimate of drug-likeness (QED) is 0.868. The van der Waals surface area contributed by atoms with Gasteiger partial charge in [-0.3, -0.25) is 0 Å². The Morgan fingerprint density at radius 2 is 2.00 bits per heavy atom. The van der Waals surface area contributed by atoms with E-state index in [0.717, 1.165) is 5.56 Å². The Morgan fingerprint density at radius 1 is 1.23 bits per heavy atom. The summed E-state index contributed by atoms with van der Waals surface area (Å²) in [7, 11) is -2.31. The summed E-state index contributed by atoms with van der Waals surface area (Å²) >= 11 is 0. The van der Waals surface area contributed by atoms with Crippen LogP contribution in [-0.4, -0.2) is 15.5 Å². The number of hydrogen-bond donors (Lipinski definition) is 1. The molecular formula is C16H21NO4S. The number of allylic oxidation sites excluding steroid dienone is 1. The lowest BCUT2D eigenvalue weighted by Gasteiger charge is -2.26. The van der Waals surface area contributed by atoms with Crippen molar-refractivity contribution in [2.45, 2.75) is 38.1 Å². The van der Waals surface area contributed by atoms with Crippen molar-refractivity contribution in [2.75, 3.05) is 7.11 Å². The first-order valence-electron chi connectivity index (χ1n) is 7.66. The highest BCUT2D eigenvalue weighted by atomic mass is 32.2. The monoisotopic (exact) mass is 323 g/mol. The average molecular weight is 323 g/mol. The number of hydrogen-bond acceptors (Lipinski definition) is 4. The lowest BCUT2D eigenvalue weighted by molar-refractivity contribution is 0.377. The number of fused-ring (bicyclic) bond motifs is 1. The van der Waals surface area contributed by atoms with E-state index in [0.29, 0.717) is 11.7 Å². The molecule has 0 saturated heterocycles. The first kappa shape index (κ1) is 15.4. The van der Waals surface area contributed by atoms with Gasteiger partial charge in [-0.2, -0.15) is 13.1 Å². The first-order chi connectivity index (χ1) is 10.6. The molecule has 0 unspecified atom stereocenters. The molecule has 6 heteroatoms. The Balaban J connectivity index is 1.90. The minimum Gasteiger partial charge on any atom is -0.493 e. The van der Waals surface area contributed by atoms with Gasteiger partial charge in [0.2, 0.25) is 0 Å². The maximum absolute atomic E-state index is 11.9. The van der Waals surface area contributed by atoms with Crippen LogP contribution in [-0.2, 0) is 10.3 Å². The summed E-state index contributed by atoms with van der Waals surface area (Å²) < 4.78 is 36.7. The fourth-order valence-corrected chi connectivity index (χ4v) is 4.08. The summed E-state index contributed by atoms with van der Waals surface area (Å²) in [4.78, 5) is 0. The van der Waals surface area contributed by atoms with Crippen LogP contribution >= 0.6 is 0 Å². The molecule has 1 aliphatic carbocycles. The molecule has 1 aromatic carbocycles. The van der Waals surface area contributed by atoms with E-state index in [4.69, 9.17) is 8.92 Å². The van der Waals surface area contributed by atoms with Gasteiger partial charge >= 0.3 is 10.3 Å². The first-order valence-corrected chi connectivity index (χ1v) is 9.07. The van der Waals surface area contributed by atoms with E-state index in [1.165, 1.54) is 39.2 Å². The lowest BCUT2D eigenvalue weighted by atomic mass is 9.88. The Labute approximate surface area is 131 Å². The van der Waals surface area contributed by atoms with Crippen molar-refractivity contribution in [1.29, 1.82) is 0 Å². The van der Waals surface area contributed by atoms with Gasteiger partial charge < -0.3 is 8.92 Å². The maximum Gasteiger partial charge on any atom is 0.383 e. The summed E-state index contributed by atoms with van der Waals surface area (Å²) in [6.07, 6.45) is 10.2. The van der Waals surface area contributed by atoms with Crippen molar-refractivity contribution in [2.24, 2.45) is 5.92 Å². The van der Waals surface area contributed by atoms with Gasteiger partial charge in [0.05, 0.1) is 13.2 Å². The van der Waals surface area contributed by atoms with E-state index in [1.807, 2.05) is 18.2 Å². The van der Waals surface area contributed by atoms with Crippen LogP contribution < -0.4 is 13.6 Å². The summed E-state index contributed by atoms with van der Waals surface area (Å²) in [5, 5.41) is 0. The minimum atomic E-state index is -3.81. The number of benzene rings is 1. The lowest BCUT2D eigenvalue weighted by Crippen LogP contribution is -2.36. The summed E-state index contributed by atoms with van der Waals surface area (Å²) in [6, 6.07) is 4.98. The third-order valence-corrected chi connectivity index (χ3v) is 5.18. The van der Waals surface area contributed by atoms with Crippen molar-refractivity contribution >= 4 is 10.3 Å². The highest BCUT2D eigenvalue weighted by molar-refractivity contribution is 7.85. The van der Waals surface area contributed by atoms with E-state index >= 15 is 0 Å². The van der Waals surface area contributed by atoms with E-state index < -0.39 is 16.3 Å². The Bertz CT molecular complexity index is 663. The molecule has 1 aliphatic heterocycles. The number of nitrogens with one attached hydrogen (secondary N) is 1. The number of ether oxygens (including phenoxy) is 1. The zero-order chi connectivity index (χ0) is 15.6. The Hall–Kier alpha value is -1.53. The normalized spacial score (nSPS) is 24.7. The van der Waals surface area contributed by atoms with Gasteiger partial charge in [-0.1, -0.05) is 43.5 Å². The maximum atomic E-state index is 11.9. The van der Waals surface area contributed by atoms with Gasteiger partial charge in [0, 0.05) is 5.56 Å². The molecule has 22 heavy (non-hydrogen) atoms. The summed E-state index contributed by atoms with van der Waals surface area (Å²) in [5.74, 6) is 1.25. The molecule has 0 bridgehead atoms.